The molecule has 0 heterocycles. The van der Waals surface area contributed by atoms with Gasteiger partial charge in [0.2, 0.25) is 5.91 Å². The second kappa shape index (κ2) is 9.94. The third-order valence-corrected chi connectivity index (χ3v) is 7.25. The number of carbonyl (C=O) groups excluding carboxylic acids is 1. The van der Waals surface area contributed by atoms with Gasteiger partial charge in [-0.15, -0.1) is 0 Å². The molecule has 0 saturated heterocycles. The molecule has 8 heteroatoms. The van der Waals surface area contributed by atoms with Crippen LogP contribution in [0, 0.1) is 13.8 Å². The summed E-state index contributed by atoms with van der Waals surface area (Å²) in [4.78, 5) is 13.0. The molecule has 32 heavy (non-hydrogen) atoms. The smallest absolute Gasteiger partial charge is 0.264 e. The Balaban J connectivity index is 1.92. The molecule has 0 unspecified atom stereocenters. The molecule has 0 fully saturated rings. The lowest BCUT2D eigenvalue weighted by molar-refractivity contribution is -0.120. The first kappa shape index (κ1) is 24.1. The van der Waals surface area contributed by atoms with Crippen LogP contribution in [0.25, 0.3) is 0 Å². The lowest BCUT2D eigenvalue weighted by Crippen LogP contribution is -2.41. The monoisotopic (exact) mass is 490 g/mol. The van der Waals surface area contributed by atoms with Gasteiger partial charge >= 0.3 is 0 Å². The minimum atomic E-state index is -4.04. The molecule has 0 bridgehead atoms. The zero-order valence-corrected chi connectivity index (χ0v) is 20.3. The summed E-state index contributed by atoms with van der Waals surface area (Å²) in [6.07, 6.45) is 0. The fraction of sp³-hybridized carbons (Fsp3) is 0.208. The summed E-state index contributed by atoms with van der Waals surface area (Å²) in [5, 5.41) is 3.44. The van der Waals surface area contributed by atoms with E-state index in [1.54, 1.807) is 18.2 Å². The van der Waals surface area contributed by atoms with E-state index in [-0.39, 0.29) is 26.7 Å². The molecule has 0 aromatic heterocycles. The van der Waals surface area contributed by atoms with Crippen molar-refractivity contribution in [2.45, 2.75) is 31.7 Å². The van der Waals surface area contributed by atoms with Crippen molar-refractivity contribution in [3.8, 4) is 0 Å². The number of sulfonamides is 1. The van der Waals surface area contributed by atoms with Gasteiger partial charge in [0.05, 0.1) is 16.6 Å². The number of anilines is 1. The van der Waals surface area contributed by atoms with E-state index in [1.165, 1.54) is 30.3 Å². The fourth-order valence-corrected chi connectivity index (χ4v) is 5.47. The summed E-state index contributed by atoms with van der Waals surface area (Å²) in [5.74, 6) is -0.451. The predicted molar refractivity (Wildman–Crippen MR) is 130 cm³/mol. The maximum atomic E-state index is 13.4. The number of hydrogen-bond donors (Lipinski definition) is 1. The van der Waals surface area contributed by atoms with Gasteiger partial charge < -0.3 is 5.32 Å². The van der Waals surface area contributed by atoms with Crippen LogP contribution in [0.4, 0.5) is 5.69 Å². The van der Waals surface area contributed by atoms with E-state index < -0.39 is 22.5 Å². The number of aryl methyl sites for hydroxylation is 2. The Morgan fingerprint density at radius 1 is 0.969 bits per heavy atom. The summed E-state index contributed by atoms with van der Waals surface area (Å²) >= 11 is 12.2. The van der Waals surface area contributed by atoms with Crippen molar-refractivity contribution < 1.29 is 13.2 Å². The van der Waals surface area contributed by atoms with Crippen molar-refractivity contribution in [1.82, 2.24) is 5.32 Å². The molecule has 0 aliphatic heterocycles. The average Bonchev–Trinajstić information content (AvgIpc) is 2.71. The molecular formula is C24H24Cl2N2O3S. The van der Waals surface area contributed by atoms with Crippen molar-refractivity contribution in [1.29, 1.82) is 0 Å². The number of rotatable bonds is 7. The normalized spacial score (nSPS) is 12.3. The molecule has 0 radical (unpaired) electrons. The third-order valence-electron chi connectivity index (χ3n) is 5.02. The van der Waals surface area contributed by atoms with Gasteiger partial charge in [-0.3, -0.25) is 9.10 Å². The molecule has 168 valence electrons. The lowest BCUT2D eigenvalue weighted by atomic mass is 10.0. The topological polar surface area (TPSA) is 66.5 Å². The Bertz CT molecular complexity index is 1210. The van der Waals surface area contributed by atoms with Gasteiger partial charge in [0, 0.05) is 10.0 Å². The summed E-state index contributed by atoms with van der Waals surface area (Å²) in [6, 6.07) is 18.0. The van der Waals surface area contributed by atoms with E-state index in [0.717, 1.165) is 21.0 Å². The second-order valence-corrected chi connectivity index (χ2v) is 10.3. The second-order valence-electron chi connectivity index (χ2n) is 7.60. The highest BCUT2D eigenvalue weighted by Crippen LogP contribution is 2.29. The standard InChI is InChI=1S/C24H24Cl2N2O3S/c1-16-9-10-23(17(2)11-16)18(3)27-24(29)15-28(21-13-19(25)12-20(26)14-21)32(30,31)22-7-5-4-6-8-22/h4-14,18H,15H2,1-3H3,(H,27,29)/t18-/m1/s1. The van der Waals surface area contributed by atoms with Gasteiger partial charge in [-0.05, 0) is 62.2 Å². The number of amides is 1. The van der Waals surface area contributed by atoms with Crippen LogP contribution < -0.4 is 9.62 Å². The highest BCUT2D eigenvalue weighted by atomic mass is 35.5. The molecule has 1 atom stereocenters. The Labute approximate surface area is 199 Å². The van der Waals surface area contributed by atoms with E-state index in [2.05, 4.69) is 5.32 Å². The molecule has 3 aromatic rings. The van der Waals surface area contributed by atoms with Gasteiger partial charge in [0.1, 0.15) is 6.54 Å². The van der Waals surface area contributed by atoms with E-state index >= 15 is 0 Å². The highest BCUT2D eigenvalue weighted by molar-refractivity contribution is 7.92. The summed E-state index contributed by atoms with van der Waals surface area (Å²) in [7, 11) is -4.04. The number of benzene rings is 3. The zero-order chi connectivity index (χ0) is 23.5. The van der Waals surface area contributed by atoms with Gasteiger partial charge in [-0.25, -0.2) is 8.42 Å². The van der Waals surface area contributed by atoms with Crippen LogP contribution in [0.5, 0.6) is 0 Å². The van der Waals surface area contributed by atoms with Crippen LogP contribution in [-0.4, -0.2) is 20.9 Å². The lowest BCUT2D eigenvalue weighted by Gasteiger charge is -2.26. The van der Waals surface area contributed by atoms with Crippen LogP contribution in [0.2, 0.25) is 10.0 Å². The van der Waals surface area contributed by atoms with E-state index in [0.29, 0.717) is 0 Å². The molecule has 1 amide bonds. The van der Waals surface area contributed by atoms with Crippen LogP contribution >= 0.6 is 23.2 Å². The molecule has 5 nitrogen and oxygen atoms in total. The average molecular weight is 491 g/mol. The Hall–Kier alpha value is -2.54. The van der Waals surface area contributed by atoms with Crippen LogP contribution in [0.1, 0.15) is 29.7 Å². The summed E-state index contributed by atoms with van der Waals surface area (Å²) in [5.41, 5.74) is 3.35. The van der Waals surface area contributed by atoms with Gasteiger partial charge in [0.25, 0.3) is 10.0 Å². The highest BCUT2D eigenvalue weighted by Gasteiger charge is 2.28. The number of nitrogens with zero attached hydrogens (tertiary/aromatic N) is 1. The van der Waals surface area contributed by atoms with Crippen molar-refractivity contribution in [2.24, 2.45) is 0 Å². The molecule has 0 spiro atoms. The predicted octanol–water partition coefficient (Wildman–Crippen LogP) is 5.68. The van der Waals surface area contributed by atoms with Gasteiger partial charge in [0.15, 0.2) is 0 Å². The van der Waals surface area contributed by atoms with Crippen molar-refractivity contribution >= 4 is 44.8 Å². The molecular weight excluding hydrogens is 467 g/mol. The first-order valence-corrected chi connectivity index (χ1v) is 12.2. The molecule has 0 aliphatic carbocycles. The molecule has 0 aliphatic rings. The van der Waals surface area contributed by atoms with Crippen LogP contribution in [-0.2, 0) is 14.8 Å². The Morgan fingerprint density at radius 3 is 2.19 bits per heavy atom. The molecule has 0 saturated carbocycles. The maximum absolute atomic E-state index is 13.4. The van der Waals surface area contributed by atoms with Gasteiger partial charge in [-0.1, -0.05) is 65.2 Å². The maximum Gasteiger partial charge on any atom is 0.264 e. The fourth-order valence-electron chi connectivity index (χ4n) is 3.52. The number of hydrogen-bond acceptors (Lipinski definition) is 3. The van der Waals surface area contributed by atoms with Crippen molar-refractivity contribution in [3.63, 3.8) is 0 Å². The molecule has 3 rings (SSSR count). The number of nitrogens with one attached hydrogen (secondary N) is 1. The summed E-state index contributed by atoms with van der Waals surface area (Å²) < 4.78 is 27.8. The van der Waals surface area contributed by atoms with E-state index in [4.69, 9.17) is 23.2 Å². The Morgan fingerprint density at radius 2 is 1.59 bits per heavy atom. The number of halogens is 2. The first-order chi connectivity index (χ1) is 15.1. The largest absolute Gasteiger partial charge is 0.348 e. The van der Waals surface area contributed by atoms with Crippen molar-refractivity contribution in [2.75, 3.05) is 10.8 Å². The molecule has 3 aromatic carbocycles. The SMILES string of the molecule is Cc1ccc([C@@H](C)NC(=O)CN(c2cc(Cl)cc(Cl)c2)S(=O)(=O)c2ccccc2)c(C)c1. The first-order valence-electron chi connectivity index (χ1n) is 9.98. The summed E-state index contributed by atoms with van der Waals surface area (Å²) in [6.45, 7) is 5.42. The van der Waals surface area contributed by atoms with Crippen LogP contribution in [0.3, 0.4) is 0 Å². The van der Waals surface area contributed by atoms with E-state index in [9.17, 15) is 13.2 Å². The number of carbonyl (C=O) groups is 1. The molecule has 1 N–H and O–H groups in total. The van der Waals surface area contributed by atoms with Gasteiger partial charge in [-0.2, -0.15) is 0 Å². The minimum Gasteiger partial charge on any atom is -0.348 e. The Kier molecular flexibility index (Phi) is 7.49. The zero-order valence-electron chi connectivity index (χ0n) is 18.0. The third kappa shape index (κ3) is 5.63. The minimum absolute atomic E-state index is 0.0614. The van der Waals surface area contributed by atoms with Crippen LogP contribution in [0.15, 0.2) is 71.6 Å². The van der Waals surface area contributed by atoms with Crippen molar-refractivity contribution in [3.05, 3.63) is 93.5 Å². The quantitative estimate of drug-likeness (QED) is 0.462. The van der Waals surface area contributed by atoms with E-state index in [1.807, 2.05) is 39.0 Å².